The molecule has 1 aliphatic heterocycles. The maximum atomic E-state index is 5.71. The lowest BCUT2D eigenvalue weighted by Crippen LogP contribution is -2.19. The van der Waals surface area contributed by atoms with Crippen molar-refractivity contribution in [3.05, 3.63) is 16.1 Å². The van der Waals surface area contributed by atoms with Crippen molar-refractivity contribution in [1.29, 1.82) is 0 Å². The fourth-order valence-corrected chi connectivity index (χ4v) is 3.39. The highest BCUT2D eigenvalue weighted by atomic mass is 32.2. The van der Waals surface area contributed by atoms with E-state index in [0.29, 0.717) is 0 Å². The number of aromatic nitrogens is 1. The Labute approximate surface area is 110 Å². The molecule has 1 fully saturated rings. The van der Waals surface area contributed by atoms with Crippen molar-refractivity contribution in [2.24, 2.45) is 0 Å². The standard InChI is InChI=1S/C11H18N2O2S2/c1-14-3-2-12-6-9-7-17-11(13-9)10-8-16-5-4-15-10/h7,10,12H,2-6,8H2,1H3. The van der Waals surface area contributed by atoms with E-state index in [2.05, 4.69) is 15.7 Å². The Kier molecular flexibility index (Phi) is 5.73. The lowest BCUT2D eigenvalue weighted by molar-refractivity contribution is 0.0754. The van der Waals surface area contributed by atoms with Crippen LogP contribution in [-0.2, 0) is 16.0 Å². The number of nitrogens with zero attached hydrogens (tertiary/aromatic N) is 1. The number of thioether (sulfide) groups is 1. The van der Waals surface area contributed by atoms with E-state index >= 15 is 0 Å². The smallest absolute Gasteiger partial charge is 0.123 e. The second-order valence-electron chi connectivity index (χ2n) is 3.78. The zero-order valence-electron chi connectivity index (χ0n) is 9.98. The molecule has 0 radical (unpaired) electrons. The molecule has 0 aromatic carbocycles. The Balaban J connectivity index is 1.78. The quantitative estimate of drug-likeness (QED) is 0.800. The number of hydrogen-bond acceptors (Lipinski definition) is 6. The third-order valence-corrected chi connectivity index (χ3v) is 4.43. The lowest BCUT2D eigenvalue weighted by Gasteiger charge is -2.19. The summed E-state index contributed by atoms with van der Waals surface area (Å²) in [5, 5.41) is 6.51. The molecular weight excluding hydrogens is 256 g/mol. The summed E-state index contributed by atoms with van der Waals surface area (Å²) in [6.45, 7) is 3.24. The maximum Gasteiger partial charge on any atom is 0.123 e. The molecule has 0 saturated carbocycles. The van der Waals surface area contributed by atoms with Crippen molar-refractivity contribution in [3.63, 3.8) is 0 Å². The minimum atomic E-state index is 0.200. The monoisotopic (exact) mass is 274 g/mol. The van der Waals surface area contributed by atoms with E-state index in [1.807, 2.05) is 11.8 Å². The molecule has 1 unspecified atom stereocenters. The zero-order chi connectivity index (χ0) is 11.9. The Morgan fingerprint density at radius 1 is 1.65 bits per heavy atom. The van der Waals surface area contributed by atoms with Crippen LogP contribution >= 0.6 is 23.1 Å². The van der Waals surface area contributed by atoms with Crippen molar-refractivity contribution in [1.82, 2.24) is 10.3 Å². The summed E-state index contributed by atoms with van der Waals surface area (Å²) < 4.78 is 10.7. The van der Waals surface area contributed by atoms with E-state index in [1.54, 1.807) is 18.4 Å². The predicted octanol–water partition coefficient (Wildman–Crippen LogP) is 1.68. The van der Waals surface area contributed by atoms with E-state index in [4.69, 9.17) is 9.47 Å². The Hall–Kier alpha value is -0.140. The highest BCUT2D eigenvalue weighted by molar-refractivity contribution is 7.99. The first-order valence-electron chi connectivity index (χ1n) is 5.73. The van der Waals surface area contributed by atoms with E-state index in [1.165, 1.54) is 0 Å². The largest absolute Gasteiger partial charge is 0.383 e. The van der Waals surface area contributed by atoms with Crippen LogP contribution in [0.1, 0.15) is 16.8 Å². The van der Waals surface area contributed by atoms with Gasteiger partial charge in [-0.1, -0.05) is 0 Å². The summed E-state index contributed by atoms with van der Waals surface area (Å²) in [6, 6.07) is 0. The van der Waals surface area contributed by atoms with Crippen molar-refractivity contribution in [2.45, 2.75) is 12.6 Å². The van der Waals surface area contributed by atoms with Crippen LogP contribution in [0.2, 0.25) is 0 Å². The maximum absolute atomic E-state index is 5.71. The normalized spacial score (nSPS) is 20.6. The third-order valence-electron chi connectivity index (χ3n) is 2.45. The molecule has 1 N–H and O–H groups in total. The molecule has 0 spiro atoms. The molecule has 6 heteroatoms. The summed E-state index contributed by atoms with van der Waals surface area (Å²) in [7, 11) is 1.71. The second kappa shape index (κ2) is 7.33. The minimum Gasteiger partial charge on any atom is -0.383 e. The van der Waals surface area contributed by atoms with Crippen molar-refractivity contribution in [2.75, 3.05) is 38.4 Å². The van der Waals surface area contributed by atoms with E-state index in [0.717, 1.165) is 48.5 Å². The fraction of sp³-hybridized carbons (Fsp3) is 0.727. The van der Waals surface area contributed by atoms with E-state index in [-0.39, 0.29) is 6.10 Å². The molecule has 1 aliphatic rings. The Bertz CT molecular complexity index is 327. The molecule has 1 saturated heterocycles. The third kappa shape index (κ3) is 4.22. The number of rotatable bonds is 6. The minimum absolute atomic E-state index is 0.200. The molecular formula is C11H18N2O2S2. The Morgan fingerprint density at radius 2 is 2.59 bits per heavy atom. The van der Waals surface area contributed by atoms with Crippen LogP contribution in [0.15, 0.2) is 5.38 Å². The van der Waals surface area contributed by atoms with Gasteiger partial charge in [-0.15, -0.1) is 11.3 Å². The number of thiazole rings is 1. The Morgan fingerprint density at radius 3 is 3.35 bits per heavy atom. The van der Waals surface area contributed by atoms with Gasteiger partial charge in [0.1, 0.15) is 11.1 Å². The van der Waals surface area contributed by atoms with Crippen LogP contribution in [0.5, 0.6) is 0 Å². The van der Waals surface area contributed by atoms with Crippen molar-refractivity contribution < 1.29 is 9.47 Å². The summed E-state index contributed by atoms with van der Waals surface area (Å²) in [5.74, 6) is 2.14. The molecule has 0 aliphatic carbocycles. The average Bonchev–Trinajstić information content (AvgIpc) is 2.85. The van der Waals surface area contributed by atoms with Crippen LogP contribution in [0.25, 0.3) is 0 Å². The van der Waals surface area contributed by atoms with Crippen LogP contribution in [0, 0.1) is 0 Å². The van der Waals surface area contributed by atoms with Crippen LogP contribution < -0.4 is 5.32 Å². The highest BCUT2D eigenvalue weighted by Gasteiger charge is 2.19. The molecule has 0 bridgehead atoms. The van der Waals surface area contributed by atoms with Gasteiger partial charge in [0.2, 0.25) is 0 Å². The molecule has 1 aromatic rings. The first-order chi connectivity index (χ1) is 8.40. The summed E-state index contributed by atoms with van der Waals surface area (Å²) in [4.78, 5) is 4.61. The van der Waals surface area contributed by atoms with Gasteiger partial charge in [0, 0.05) is 37.1 Å². The predicted molar refractivity (Wildman–Crippen MR) is 71.7 cm³/mol. The van der Waals surface area contributed by atoms with Gasteiger partial charge in [-0.05, 0) is 0 Å². The van der Waals surface area contributed by atoms with Crippen LogP contribution in [-0.4, -0.2) is 43.4 Å². The summed E-state index contributed by atoms with van der Waals surface area (Å²) >= 11 is 3.64. The highest BCUT2D eigenvalue weighted by Crippen LogP contribution is 2.28. The fourth-order valence-electron chi connectivity index (χ4n) is 1.57. The van der Waals surface area contributed by atoms with Gasteiger partial charge in [0.05, 0.1) is 18.9 Å². The zero-order valence-corrected chi connectivity index (χ0v) is 11.6. The second-order valence-corrected chi connectivity index (χ2v) is 5.82. The SMILES string of the molecule is COCCNCc1csc(C2CSCCO2)n1. The lowest BCUT2D eigenvalue weighted by atomic mass is 10.4. The molecule has 0 amide bonds. The molecule has 2 heterocycles. The molecule has 17 heavy (non-hydrogen) atoms. The molecule has 1 atom stereocenters. The van der Waals surface area contributed by atoms with Crippen LogP contribution in [0.3, 0.4) is 0 Å². The van der Waals surface area contributed by atoms with E-state index in [9.17, 15) is 0 Å². The molecule has 4 nitrogen and oxygen atoms in total. The number of ether oxygens (including phenoxy) is 2. The summed E-state index contributed by atoms with van der Waals surface area (Å²) in [5.41, 5.74) is 1.10. The first-order valence-corrected chi connectivity index (χ1v) is 7.77. The van der Waals surface area contributed by atoms with Gasteiger partial charge >= 0.3 is 0 Å². The average molecular weight is 274 g/mol. The van der Waals surface area contributed by atoms with Gasteiger partial charge < -0.3 is 14.8 Å². The topological polar surface area (TPSA) is 43.4 Å². The van der Waals surface area contributed by atoms with Crippen LogP contribution in [0.4, 0.5) is 0 Å². The van der Waals surface area contributed by atoms with Gasteiger partial charge in [-0.2, -0.15) is 11.8 Å². The van der Waals surface area contributed by atoms with Gasteiger partial charge in [0.25, 0.3) is 0 Å². The van der Waals surface area contributed by atoms with E-state index < -0.39 is 0 Å². The van der Waals surface area contributed by atoms with Gasteiger partial charge in [-0.25, -0.2) is 4.98 Å². The molecule has 2 rings (SSSR count). The summed E-state index contributed by atoms with van der Waals surface area (Å²) in [6.07, 6.45) is 0.200. The van der Waals surface area contributed by atoms with Gasteiger partial charge in [0.15, 0.2) is 0 Å². The number of hydrogen-bond donors (Lipinski definition) is 1. The van der Waals surface area contributed by atoms with Crippen molar-refractivity contribution >= 4 is 23.1 Å². The van der Waals surface area contributed by atoms with Crippen molar-refractivity contribution in [3.8, 4) is 0 Å². The molecule has 96 valence electrons. The van der Waals surface area contributed by atoms with Gasteiger partial charge in [-0.3, -0.25) is 0 Å². The first kappa shape index (κ1) is 13.3. The molecule has 1 aromatic heterocycles. The number of nitrogens with one attached hydrogen (secondary N) is 1. The number of methoxy groups -OCH3 is 1.